The Labute approximate surface area is 56.6 Å². The number of ether oxygens (including phenoxy) is 1. The molecule has 5 heteroatoms. The summed E-state index contributed by atoms with van der Waals surface area (Å²) < 4.78 is 39.7. The summed E-state index contributed by atoms with van der Waals surface area (Å²) >= 11 is 0. The minimum atomic E-state index is -4.31. The van der Waals surface area contributed by atoms with Crippen molar-refractivity contribution in [1.29, 1.82) is 0 Å². The second kappa shape index (κ2) is 3.21. The maximum absolute atomic E-state index is 12.2. The molecule has 0 aliphatic carbocycles. The van der Waals surface area contributed by atoms with E-state index in [1.807, 2.05) is 0 Å². The first-order chi connectivity index (χ1) is 4.39. The third-order valence-electron chi connectivity index (χ3n) is 1.12. The van der Waals surface area contributed by atoms with E-state index in [1.54, 1.807) is 0 Å². The van der Waals surface area contributed by atoms with Crippen LogP contribution in [0.1, 0.15) is 6.92 Å². The van der Waals surface area contributed by atoms with Crippen molar-refractivity contribution in [2.24, 2.45) is 0 Å². The zero-order valence-corrected chi connectivity index (χ0v) is 5.64. The van der Waals surface area contributed by atoms with Crippen molar-refractivity contribution < 1.29 is 23.0 Å². The standard InChI is InChI=1S/C5H9F3O2/c1-3(10-2)4(6)5(7,8)9/h3-4,9H,1-2H3. The molecule has 2 unspecified atom stereocenters. The van der Waals surface area contributed by atoms with Gasteiger partial charge in [-0.2, -0.15) is 8.78 Å². The summed E-state index contributed by atoms with van der Waals surface area (Å²) in [6.07, 6.45) is -8.28. The lowest BCUT2D eigenvalue weighted by molar-refractivity contribution is -0.258. The molecule has 0 radical (unpaired) electrons. The summed E-state index contributed by atoms with van der Waals surface area (Å²) in [5.41, 5.74) is 0. The topological polar surface area (TPSA) is 29.5 Å². The van der Waals surface area contributed by atoms with Crippen molar-refractivity contribution in [3.63, 3.8) is 0 Å². The van der Waals surface area contributed by atoms with Gasteiger partial charge >= 0.3 is 6.11 Å². The molecule has 0 aromatic heterocycles. The number of methoxy groups -OCH3 is 1. The lowest BCUT2D eigenvalue weighted by Gasteiger charge is -2.18. The Balaban J connectivity index is 3.94. The van der Waals surface area contributed by atoms with Crippen LogP contribution in [0.5, 0.6) is 0 Å². The van der Waals surface area contributed by atoms with E-state index >= 15 is 0 Å². The van der Waals surface area contributed by atoms with Gasteiger partial charge in [-0.3, -0.25) is 0 Å². The molecule has 0 rings (SSSR count). The number of halogens is 3. The van der Waals surface area contributed by atoms with Gasteiger partial charge in [0.15, 0.2) is 0 Å². The Bertz CT molecular complexity index is 102. The smallest absolute Gasteiger partial charge is 0.378 e. The van der Waals surface area contributed by atoms with E-state index in [-0.39, 0.29) is 0 Å². The molecule has 0 amide bonds. The number of hydrogen-bond acceptors (Lipinski definition) is 2. The van der Waals surface area contributed by atoms with Crippen molar-refractivity contribution >= 4 is 0 Å². The van der Waals surface area contributed by atoms with Crippen LogP contribution in [0.4, 0.5) is 13.2 Å². The number of rotatable bonds is 3. The molecule has 2 atom stereocenters. The molecule has 0 bridgehead atoms. The average Bonchev–Trinajstić information content (AvgIpc) is 1.83. The fourth-order valence-electron chi connectivity index (χ4n) is 0.402. The van der Waals surface area contributed by atoms with Crippen LogP contribution in [0.25, 0.3) is 0 Å². The SMILES string of the molecule is COC(C)C(F)C(O)(F)F. The second-order valence-electron chi connectivity index (χ2n) is 1.93. The molecule has 62 valence electrons. The zero-order chi connectivity index (χ0) is 8.36. The number of aliphatic hydroxyl groups is 1. The molecule has 2 nitrogen and oxygen atoms in total. The van der Waals surface area contributed by atoms with Crippen molar-refractivity contribution in [3.8, 4) is 0 Å². The van der Waals surface area contributed by atoms with Gasteiger partial charge in [0, 0.05) is 7.11 Å². The Morgan fingerprint density at radius 1 is 1.50 bits per heavy atom. The van der Waals surface area contributed by atoms with Gasteiger partial charge in [-0.1, -0.05) is 0 Å². The van der Waals surface area contributed by atoms with Gasteiger partial charge < -0.3 is 9.84 Å². The fraction of sp³-hybridized carbons (Fsp3) is 1.00. The highest BCUT2D eigenvalue weighted by atomic mass is 19.3. The Kier molecular flexibility index (Phi) is 3.11. The monoisotopic (exact) mass is 158 g/mol. The molecule has 0 aromatic carbocycles. The predicted octanol–water partition coefficient (Wildman–Crippen LogP) is 0.944. The first-order valence-corrected chi connectivity index (χ1v) is 2.66. The Morgan fingerprint density at radius 3 is 2.00 bits per heavy atom. The highest BCUT2D eigenvalue weighted by Crippen LogP contribution is 2.21. The van der Waals surface area contributed by atoms with Gasteiger partial charge in [0.1, 0.15) is 0 Å². The van der Waals surface area contributed by atoms with Crippen LogP contribution in [0, 0.1) is 0 Å². The van der Waals surface area contributed by atoms with Gasteiger partial charge in [0.25, 0.3) is 0 Å². The fourth-order valence-corrected chi connectivity index (χ4v) is 0.402. The minimum absolute atomic E-state index is 1.09. The third-order valence-corrected chi connectivity index (χ3v) is 1.12. The maximum Gasteiger partial charge on any atom is 0.387 e. The van der Waals surface area contributed by atoms with Crippen LogP contribution in [-0.4, -0.2) is 30.6 Å². The van der Waals surface area contributed by atoms with E-state index < -0.39 is 18.4 Å². The molecule has 1 N–H and O–H groups in total. The lowest BCUT2D eigenvalue weighted by Crippen LogP contribution is -2.38. The average molecular weight is 158 g/mol. The summed E-state index contributed by atoms with van der Waals surface area (Å²) in [7, 11) is 1.09. The molecule has 0 aliphatic heterocycles. The van der Waals surface area contributed by atoms with Gasteiger partial charge in [0.05, 0.1) is 6.10 Å². The molecule has 0 saturated carbocycles. The van der Waals surface area contributed by atoms with E-state index in [0.29, 0.717) is 0 Å². The highest BCUT2D eigenvalue weighted by Gasteiger charge is 2.41. The largest absolute Gasteiger partial charge is 0.387 e. The molecule has 0 fully saturated rings. The number of hydrogen-bond donors (Lipinski definition) is 1. The maximum atomic E-state index is 12.2. The van der Waals surface area contributed by atoms with E-state index in [2.05, 4.69) is 4.74 Å². The zero-order valence-electron chi connectivity index (χ0n) is 5.64. The number of alkyl halides is 3. The van der Waals surface area contributed by atoms with Crippen LogP contribution < -0.4 is 0 Å². The van der Waals surface area contributed by atoms with Crippen molar-refractivity contribution in [3.05, 3.63) is 0 Å². The summed E-state index contributed by atoms with van der Waals surface area (Å²) in [6, 6.07) is 0. The first kappa shape index (κ1) is 9.71. The molecule has 0 saturated heterocycles. The van der Waals surface area contributed by atoms with Crippen LogP contribution in [0.15, 0.2) is 0 Å². The lowest BCUT2D eigenvalue weighted by atomic mass is 10.2. The highest BCUT2D eigenvalue weighted by molar-refractivity contribution is 4.71. The van der Waals surface area contributed by atoms with Crippen molar-refractivity contribution in [2.75, 3.05) is 7.11 Å². The molecular formula is C5H9F3O2. The quantitative estimate of drug-likeness (QED) is 0.662. The summed E-state index contributed by atoms with van der Waals surface area (Å²) in [4.78, 5) is 0. The van der Waals surface area contributed by atoms with Gasteiger partial charge in [-0.05, 0) is 6.92 Å². The minimum Gasteiger partial charge on any atom is -0.378 e. The van der Waals surface area contributed by atoms with Crippen molar-refractivity contribution in [2.45, 2.75) is 25.3 Å². The molecular weight excluding hydrogens is 149 g/mol. The summed E-state index contributed by atoms with van der Waals surface area (Å²) in [5.74, 6) is 0. The molecule has 0 aliphatic rings. The molecule has 10 heavy (non-hydrogen) atoms. The molecule has 0 aromatic rings. The summed E-state index contributed by atoms with van der Waals surface area (Å²) in [6.45, 7) is 1.11. The normalized spacial score (nSPS) is 18.6. The summed E-state index contributed by atoms with van der Waals surface area (Å²) in [5, 5.41) is 7.80. The van der Waals surface area contributed by atoms with Gasteiger partial charge in [-0.15, -0.1) is 0 Å². The van der Waals surface area contributed by atoms with Crippen LogP contribution in [0.2, 0.25) is 0 Å². The third kappa shape index (κ3) is 2.53. The van der Waals surface area contributed by atoms with Crippen LogP contribution >= 0.6 is 0 Å². The van der Waals surface area contributed by atoms with E-state index in [1.165, 1.54) is 0 Å². The van der Waals surface area contributed by atoms with E-state index in [4.69, 9.17) is 5.11 Å². The van der Waals surface area contributed by atoms with Gasteiger partial charge in [0.2, 0.25) is 6.17 Å². The first-order valence-electron chi connectivity index (χ1n) is 2.66. The molecule has 0 heterocycles. The van der Waals surface area contributed by atoms with E-state index in [0.717, 1.165) is 14.0 Å². The predicted molar refractivity (Wildman–Crippen MR) is 28.5 cm³/mol. The van der Waals surface area contributed by atoms with Crippen LogP contribution in [0.3, 0.4) is 0 Å². The van der Waals surface area contributed by atoms with E-state index in [9.17, 15) is 13.2 Å². The second-order valence-corrected chi connectivity index (χ2v) is 1.93. The van der Waals surface area contributed by atoms with Gasteiger partial charge in [-0.25, -0.2) is 4.39 Å². The Hall–Kier alpha value is -0.290. The Morgan fingerprint density at radius 2 is 1.90 bits per heavy atom. The van der Waals surface area contributed by atoms with Crippen molar-refractivity contribution in [1.82, 2.24) is 0 Å². The van der Waals surface area contributed by atoms with Crippen LogP contribution in [-0.2, 0) is 4.74 Å². The molecule has 0 spiro atoms.